The summed E-state index contributed by atoms with van der Waals surface area (Å²) in [7, 11) is 1.43. The third kappa shape index (κ3) is 2.64. The lowest BCUT2D eigenvalue weighted by atomic mass is 10.3. The normalized spacial score (nSPS) is 12.2. The Balaban J connectivity index is 3.76. The van der Waals surface area contributed by atoms with Gasteiger partial charge in [0.1, 0.15) is 5.76 Å². The fraction of sp³-hybridized carbons (Fsp3) is 0.571. The largest absolute Gasteiger partial charge is 0.496 e. The van der Waals surface area contributed by atoms with E-state index < -0.39 is 6.10 Å². The quantitative estimate of drug-likeness (QED) is 0.422. The molecule has 0 aliphatic rings. The van der Waals surface area contributed by atoms with Gasteiger partial charge in [0.15, 0.2) is 12.4 Å². The van der Waals surface area contributed by atoms with Crippen LogP contribution in [0.15, 0.2) is 12.3 Å². The van der Waals surface area contributed by atoms with Gasteiger partial charge < -0.3 is 9.47 Å². The molecule has 0 saturated carbocycles. The molecule has 1 unspecified atom stereocenters. The first-order chi connectivity index (χ1) is 4.76. The molecule has 0 radical (unpaired) electrons. The predicted molar refractivity (Wildman–Crippen MR) is 37.6 cm³/mol. The minimum Gasteiger partial charge on any atom is -0.496 e. The van der Waals surface area contributed by atoms with E-state index in [1.807, 2.05) is 6.92 Å². The van der Waals surface area contributed by atoms with Gasteiger partial charge in [-0.3, -0.25) is 4.79 Å². The molecule has 3 nitrogen and oxygen atoms in total. The number of ether oxygens (including phenoxy) is 2. The maximum absolute atomic E-state index is 10.2. The van der Waals surface area contributed by atoms with E-state index in [0.717, 1.165) is 0 Å². The van der Waals surface area contributed by atoms with Crippen molar-refractivity contribution in [2.24, 2.45) is 0 Å². The van der Waals surface area contributed by atoms with E-state index in [1.54, 1.807) is 0 Å². The van der Waals surface area contributed by atoms with Crippen molar-refractivity contribution in [3.63, 3.8) is 0 Å². The Morgan fingerprint density at radius 2 is 2.40 bits per heavy atom. The molecule has 0 aliphatic carbocycles. The molecule has 0 spiro atoms. The van der Waals surface area contributed by atoms with Crippen LogP contribution in [0.1, 0.15) is 6.92 Å². The number of hydrogen-bond donors (Lipinski definition) is 0. The molecular weight excluding hydrogens is 132 g/mol. The Labute approximate surface area is 60.6 Å². The number of carbonyl (C=O) groups is 1. The zero-order chi connectivity index (χ0) is 7.98. The van der Waals surface area contributed by atoms with Crippen LogP contribution in [0, 0.1) is 0 Å². The van der Waals surface area contributed by atoms with E-state index in [-0.39, 0.29) is 0 Å². The van der Waals surface area contributed by atoms with Gasteiger partial charge in [0.05, 0.1) is 6.61 Å². The third-order valence-electron chi connectivity index (χ3n) is 1.02. The molecule has 10 heavy (non-hydrogen) atoms. The molecule has 0 amide bonds. The first-order valence-corrected chi connectivity index (χ1v) is 3.06. The van der Waals surface area contributed by atoms with Crippen LogP contribution in [-0.4, -0.2) is 26.1 Å². The zero-order valence-corrected chi connectivity index (χ0v) is 6.29. The first kappa shape index (κ1) is 9.17. The highest BCUT2D eigenvalue weighted by atomic mass is 16.5. The highest BCUT2D eigenvalue weighted by Gasteiger charge is 2.09. The van der Waals surface area contributed by atoms with Gasteiger partial charge in [-0.15, -0.1) is 0 Å². The van der Waals surface area contributed by atoms with Gasteiger partial charge in [0.2, 0.25) is 0 Å². The van der Waals surface area contributed by atoms with Crippen molar-refractivity contribution in [2.75, 3.05) is 13.7 Å². The van der Waals surface area contributed by atoms with E-state index in [1.165, 1.54) is 7.11 Å². The van der Waals surface area contributed by atoms with Crippen LogP contribution in [0.4, 0.5) is 0 Å². The Kier molecular flexibility index (Phi) is 4.58. The Morgan fingerprint density at radius 3 is 2.70 bits per heavy atom. The Morgan fingerprint density at radius 1 is 1.80 bits per heavy atom. The van der Waals surface area contributed by atoms with Gasteiger partial charge in [0.25, 0.3) is 0 Å². The number of aldehydes is 1. The van der Waals surface area contributed by atoms with E-state index in [4.69, 9.17) is 9.47 Å². The summed E-state index contributed by atoms with van der Waals surface area (Å²) >= 11 is 0. The molecule has 3 heteroatoms. The first-order valence-electron chi connectivity index (χ1n) is 3.06. The lowest BCUT2D eigenvalue weighted by Gasteiger charge is -2.11. The van der Waals surface area contributed by atoms with Crippen LogP contribution in [0.5, 0.6) is 0 Å². The lowest BCUT2D eigenvalue weighted by Crippen LogP contribution is -2.16. The molecule has 1 atom stereocenters. The predicted octanol–water partition coefficient (Wildman–Crippen LogP) is 0.750. The molecule has 0 rings (SSSR count). The van der Waals surface area contributed by atoms with E-state index in [0.29, 0.717) is 18.7 Å². The molecule has 0 N–H and O–H groups in total. The molecule has 0 aromatic carbocycles. The third-order valence-corrected chi connectivity index (χ3v) is 1.02. The second kappa shape index (κ2) is 4.99. The van der Waals surface area contributed by atoms with Crippen molar-refractivity contribution in [3.8, 4) is 0 Å². The fourth-order valence-corrected chi connectivity index (χ4v) is 0.530. The van der Waals surface area contributed by atoms with Gasteiger partial charge >= 0.3 is 0 Å². The SMILES string of the molecule is C=C(OCC)C(C=O)OC. The smallest absolute Gasteiger partial charge is 0.168 e. The van der Waals surface area contributed by atoms with Crippen LogP contribution in [0.2, 0.25) is 0 Å². The second-order valence-corrected chi connectivity index (χ2v) is 1.69. The second-order valence-electron chi connectivity index (χ2n) is 1.69. The fourth-order valence-electron chi connectivity index (χ4n) is 0.530. The summed E-state index contributed by atoms with van der Waals surface area (Å²) in [5, 5.41) is 0. The van der Waals surface area contributed by atoms with Crippen LogP contribution in [0.25, 0.3) is 0 Å². The highest BCUT2D eigenvalue weighted by molar-refractivity contribution is 5.60. The minimum absolute atomic E-state index is 0.361. The van der Waals surface area contributed by atoms with Gasteiger partial charge in [-0.25, -0.2) is 0 Å². The number of methoxy groups -OCH3 is 1. The molecule has 0 heterocycles. The topological polar surface area (TPSA) is 35.5 Å². The van der Waals surface area contributed by atoms with Crippen molar-refractivity contribution >= 4 is 6.29 Å². The molecule has 58 valence electrons. The molecule has 0 saturated heterocycles. The molecule has 0 aromatic rings. The van der Waals surface area contributed by atoms with E-state index >= 15 is 0 Å². The molecule has 0 fully saturated rings. The molecular formula is C7H12O3. The average Bonchev–Trinajstić information content (AvgIpc) is 1.91. The summed E-state index contributed by atoms with van der Waals surface area (Å²) in [5.74, 6) is 0.361. The Hall–Kier alpha value is -0.830. The van der Waals surface area contributed by atoms with Crippen LogP contribution >= 0.6 is 0 Å². The van der Waals surface area contributed by atoms with Crippen LogP contribution < -0.4 is 0 Å². The zero-order valence-electron chi connectivity index (χ0n) is 6.29. The number of rotatable bonds is 5. The summed E-state index contributed by atoms with van der Waals surface area (Å²) in [4.78, 5) is 10.2. The summed E-state index contributed by atoms with van der Waals surface area (Å²) in [5.41, 5.74) is 0. The van der Waals surface area contributed by atoms with Gasteiger partial charge in [-0.1, -0.05) is 6.58 Å². The van der Waals surface area contributed by atoms with Gasteiger partial charge in [0, 0.05) is 7.11 Å². The summed E-state index contributed by atoms with van der Waals surface area (Å²) in [6, 6.07) is 0. The maximum Gasteiger partial charge on any atom is 0.168 e. The summed E-state index contributed by atoms with van der Waals surface area (Å²) in [6.07, 6.45) is 0.0257. The van der Waals surface area contributed by atoms with Crippen LogP contribution in [0.3, 0.4) is 0 Å². The van der Waals surface area contributed by atoms with Gasteiger partial charge in [-0.05, 0) is 6.92 Å². The van der Waals surface area contributed by atoms with Crippen molar-refractivity contribution in [2.45, 2.75) is 13.0 Å². The van der Waals surface area contributed by atoms with Gasteiger partial charge in [-0.2, -0.15) is 0 Å². The molecule has 0 aliphatic heterocycles. The standard InChI is InChI=1S/C7H12O3/c1-4-10-6(2)7(5-8)9-3/h5,7H,2,4H2,1,3H3. The van der Waals surface area contributed by atoms with Crippen molar-refractivity contribution in [1.29, 1.82) is 0 Å². The van der Waals surface area contributed by atoms with Crippen molar-refractivity contribution in [3.05, 3.63) is 12.3 Å². The van der Waals surface area contributed by atoms with E-state index in [9.17, 15) is 4.79 Å². The Bertz CT molecular complexity index is 120. The summed E-state index contributed by atoms with van der Waals surface area (Å²) < 4.78 is 9.66. The number of hydrogen-bond acceptors (Lipinski definition) is 3. The highest BCUT2D eigenvalue weighted by Crippen LogP contribution is 2.01. The minimum atomic E-state index is -0.625. The maximum atomic E-state index is 10.2. The average molecular weight is 144 g/mol. The summed E-state index contributed by atoms with van der Waals surface area (Å²) in [6.45, 7) is 5.84. The molecule has 0 aromatic heterocycles. The van der Waals surface area contributed by atoms with Crippen LogP contribution in [-0.2, 0) is 14.3 Å². The number of carbonyl (C=O) groups excluding carboxylic acids is 1. The van der Waals surface area contributed by atoms with Crippen molar-refractivity contribution in [1.82, 2.24) is 0 Å². The van der Waals surface area contributed by atoms with Crippen molar-refractivity contribution < 1.29 is 14.3 Å². The van der Waals surface area contributed by atoms with E-state index in [2.05, 4.69) is 6.58 Å². The molecule has 0 bridgehead atoms. The monoisotopic (exact) mass is 144 g/mol. The lowest BCUT2D eigenvalue weighted by molar-refractivity contribution is -0.116.